The van der Waals surface area contributed by atoms with Gasteiger partial charge >= 0.3 is 0 Å². The first-order valence-electron chi connectivity index (χ1n) is 8.71. The maximum Gasteiger partial charge on any atom is 0.157 e. The van der Waals surface area contributed by atoms with E-state index in [0.29, 0.717) is 5.69 Å². The van der Waals surface area contributed by atoms with Crippen molar-refractivity contribution in [1.82, 2.24) is 4.98 Å². The number of nitrogens with zero attached hydrogens (tertiary/aromatic N) is 1. The van der Waals surface area contributed by atoms with Crippen molar-refractivity contribution in [1.29, 1.82) is 0 Å². The van der Waals surface area contributed by atoms with Crippen LogP contribution in [0.2, 0.25) is 0 Å². The molecule has 0 spiro atoms. The molecule has 26 heavy (non-hydrogen) atoms. The van der Waals surface area contributed by atoms with Crippen LogP contribution in [0.3, 0.4) is 0 Å². The number of aliphatic hydroxyl groups is 1. The lowest BCUT2D eigenvalue weighted by molar-refractivity contribution is 0.120. The van der Waals surface area contributed by atoms with E-state index in [1.54, 1.807) is 0 Å². The van der Waals surface area contributed by atoms with Crippen LogP contribution in [0.1, 0.15) is 35.0 Å². The molecule has 0 bridgehead atoms. The summed E-state index contributed by atoms with van der Waals surface area (Å²) in [4.78, 5) is 4.63. The summed E-state index contributed by atoms with van der Waals surface area (Å²) in [5.74, 6) is 0. The van der Waals surface area contributed by atoms with Gasteiger partial charge in [0.25, 0.3) is 0 Å². The first-order chi connectivity index (χ1) is 12.6. The topological polar surface area (TPSA) is 33.1 Å². The summed E-state index contributed by atoms with van der Waals surface area (Å²) < 4.78 is 0. The Bertz CT molecular complexity index is 943. The maximum atomic E-state index is 11.9. The molecule has 0 saturated heterocycles. The molecule has 2 nitrogen and oxygen atoms in total. The second-order valence-corrected chi connectivity index (χ2v) is 6.27. The highest BCUT2D eigenvalue weighted by Gasteiger charge is 2.35. The van der Waals surface area contributed by atoms with Crippen molar-refractivity contribution < 1.29 is 5.11 Å². The zero-order chi connectivity index (χ0) is 18.6. The fourth-order valence-corrected chi connectivity index (χ4v) is 3.21. The number of rotatable bonds is 5. The lowest BCUT2D eigenvalue weighted by atomic mass is 9.82. The van der Waals surface area contributed by atoms with Crippen LogP contribution in [0, 0.1) is 6.92 Å². The summed E-state index contributed by atoms with van der Waals surface area (Å²) in [5.41, 5.74) is 3.76. The number of benzene rings is 2. The van der Waals surface area contributed by atoms with Crippen LogP contribution in [0.5, 0.6) is 0 Å². The summed E-state index contributed by atoms with van der Waals surface area (Å²) in [6.45, 7) is 7.80. The van der Waals surface area contributed by atoms with Gasteiger partial charge in [0.05, 0.1) is 5.69 Å². The Morgan fingerprint density at radius 2 is 1.65 bits per heavy atom. The van der Waals surface area contributed by atoms with Crippen molar-refractivity contribution in [3.05, 3.63) is 120 Å². The third-order valence-electron chi connectivity index (χ3n) is 4.60. The minimum atomic E-state index is -1.33. The largest absolute Gasteiger partial charge is 0.374 e. The van der Waals surface area contributed by atoms with Crippen LogP contribution in [-0.4, -0.2) is 10.1 Å². The average Bonchev–Trinajstić information content (AvgIpc) is 2.69. The summed E-state index contributed by atoms with van der Waals surface area (Å²) in [7, 11) is 0. The molecular formula is C24H23NO. The number of aryl methyl sites for hydroxylation is 1. The van der Waals surface area contributed by atoms with Crippen LogP contribution < -0.4 is 0 Å². The van der Waals surface area contributed by atoms with Gasteiger partial charge in [-0.2, -0.15) is 0 Å². The van der Waals surface area contributed by atoms with Crippen LogP contribution in [-0.2, 0) is 5.60 Å². The van der Waals surface area contributed by atoms with E-state index in [4.69, 9.17) is 0 Å². The van der Waals surface area contributed by atoms with Crippen molar-refractivity contribution in [2.75, 3.05) is 0 Å². The molecule has 1 N–H and O–H groups in total. The van der Waals surface area contributed by atoms with Gasteiger partial charge in [-0.25, -0.2) is 0 Å². The first-order valence-corrected chi connectivity index (χ1v) is 8.71. The Morgan fingerprint density at radius 3 is 2.31 bits per heavy atom. The molecule has 0 aliphatic rings. The van der Waals surface area contributed by atoms with Gasteiger partial charge in [-0.15, -0.1) is 0 Å². The summed E-state index contributed by atoms with van der Waals surface area (Å²) in [6.07, 6.45) is 3.84. The van der Waals surface area contributed by atoms with Gasteiger partial charge in [-0.05, 0) is 54.3 Å². The highest BCUT2D eigenvalue weighted by molar-refractivity contribution is 5.74. The molecule has 0 saturated carbocycles. The van der Waals surface area contributed by atoms with Crippen LogP contribution >= 0.6 is 0 Å². The van der Waals surface area contributed by atoms with Crippen LogP contribution in [0.15, 0.2) is 91.5 Å². The first kappa shape index (κ1) is 17.8. The normalized spacial score (nSPS) is 13.9. The van der Waals surface area contributed by atoms with Crippen molar-refractivity contribution in [2.24, 2.45) is 0 Å². The molecule has 0 fully saturated rings. The molecule has 0 radical (unpaired) electrons. The molecular weight excluding hydrogens is 318 g/mol. The van der Waals surface area contributed by atoms with Crippen molar-refractivity contribution in [3.8, 4) is 0 Å². The van der Waals surface area contributed by atoms with Gasteiger partial charge in [0, 0.05) is 5.69 Å². The molecule has 0 aliphatic carbocycles. The number of allylic oxidation sites excluding steroid dienone is 3. The Labute approximate surface area is 155 Å². The van der Waals surface area contributed by atoms with Gasteiger partial charge in [0.15, 0.2) is 5.60 Å². The maximum absolute atomic E-state index is 11.9. The molecule has 3 rings (SSSR count). The Kier molecular flexibility index (Phi) is 5.15. The van der Waals surface area contributed by atoms with Gasteiger partial charge in [-0.1, -0.05) is 73.3 Å². The quantitative estimate of drug-likeness (QED) is 0.642. The second kappa shape index (κ2) is 7.51. The fourth-order valence-electron chi connectivity index (χ4n) is 3.21. The molecule has 0 aliphatic heterocycles. The predicted molar refractivity (Wildman–Crippen MR) is 108 cm³/mol. The highest BCUT2D eigenvalue weighted by Crippen LogP contribution is 2.36. The van der Waals surface area contributed by atoms with Gasteiger partial charge in [0.2, 0.25) is 0 Å². The molecule has 130 valence electrons. The SMILES string of the molecule is C=C/C(=C\C)c1cccc(C(O)(c2ccccc2)c2cccc(C)n2)c1. The highest BCUT2D eigenvalue weighted by atomic mass is 16.3. The Balaban J connectivity index is 2.26. The molecule has 3 aromatic rings. The summed E-state index contributed by atoms with van der Waals surface area (Å²) in [5, 5.41) is 11.9. The third-order valence-corrected chi connectivity index (χ3v) is 4.60. The summed E-state index contributed by atoms with van der Waals surface area (Å²) in [6, 6.07) is 23.3. The van der Waals surface area contributed by atoms with Crippen molar-refractivity contribution in [2.45, 2.75) is 19.4 Å². The van der Waals surface area contributed by atoms with E-state index in [0.717, 1.165) is 28.0 Å². The smallest absolute Gasteiger partial charge is 0.157 e. The lowest BCUT2D eigenvalue weighted by Crippen LogP contribution is -2.30. The molecule has 0 amide bonds. The predicted octanol–water partition coefficient (Wildman–Crippen LogP) is 5.26. The lowest BCUT2D eigenvalue weighted by Gasteiger charge is -2.29. The fraction of sp³-hybridized carbons (Fsp3) is 0.125. The zero-order valence-electron chi connectivity index (χ0n) is 15.2. The summed E-state index contributed by atoms with van der Waals surface area (Å²) >= 11 is 0. The minimum Gasteiger partial charge on any atom is -0.374 e. The van der Waals surface area contributed by atoms with E-state index in [2.05, 4.69) is 11.6 Å². The van der Waals surface area contributed by atoms with E-state index < -0.39 is 5.60 Å². The van der Waals surface area contributed by atoms with E-state index in [9.17, 15) is 5.11 Å². The van der Waals surface area contributed by atoms with E-state index in [1.807, 2.05) is 98.8 Å². The molecule has 1 atom stereocenters. The van der Waals surface area contributed by atoms with E-state index in [1.165, 1.54) is 0 Å². The molecule has 2 aromatic carbocycles. The number of hydrogen-bond donors (Lipinski definition) is 1. The monoisotopic (exact) mass is 341 g/mol. The molecule has 1 heterocycles. The average molecular weight is 341 g/mol. The van der Waals surface area contributed by atoms with Gasteiger partial charge < -0.3 is 5.11 Å². The molecule has 1 aromatic heterocycles. The second-order valence-electron chi connectivity index (χ2n) is 6.27. The van der Waals surface area contributed by atoms with E-state index in [-0.39, 0.29) is 0 Å². The standard InChI is InChI=1S/C24H23NO/c1-4-19(5-2)20-12-10-15-22(17-20)24(26,21-13-7-6-8-14-21)23-16-9-11-18(3)25-23/h4-17,26H,1H2,2-3H3/b19-5+. The van der Waals surface area contributed by atoms with Crippen molar-refractivity contribution >= 4 is 5.57 Å². The molecule has 2 heteroatoms. The minimum absolute atomic E-state index is 0.612. The number of hydrogen-bond acceptors (Lipinski definition) is 2. The number of aromatic nitrogens is 1. The van der Waals surface area contributed by atoms with E-state index >= 15 is 0 Å². The number of pyridine rings is 1. The van der Waals surface area contributed by atoms with Gasteiger partial charge in [0.1, 0.15) is 0 Å². The molecule has 1 unspecified atom stereocenters. The van der Waals surface area contributed by atoms with Gasteiger partial charge in [-0.3, -0.25) is 4.98 Å². The van der Waals surface area contributed by atoms with Crippen LogP contribution in [0.25, 0.3) is 5.57 Å². The Hall–Kier alpha value is -2.97. The zero-order valence-corrected chi connectivity index (χ0v) is 15.2. The van der Waals surface area contributed by atoms with Crippen molar-refractivity contribution in [3.63, 3.8) is 0 Å². The Morgan fingerprint density at radius 1 is 0.962 bits per heavy atom. The van der Waals surface area contributed by atoms with Crippen LogP contribution in [0.4, 0.5) is 0 Å². The third kappa shape index (κ3) is 3.24.